The fourth-order valence-electron chi connectivity index (χ4n) is 2.52. The van der Waals surface area contributed by atoms with E-state index in [9.17, 15) is 22.8 Å². The molecular weight excluding hydrogens is 309 g/mol. The van der Waals surface area contributed by atoms with Gasteiger partial charge in [-0.25, -0.2) is 4.79 Å². The van der Waals surface area contributed by atoms with Crippen molar-refractivity contribution in [2.45, 2.75) is 44.8 Å². The van der Waals surface area contributed by atoms with Crippen LogP contribution in [0.2, 0.25) is 0 Å². The number of hydrogen-bond acceptors (Lipinski definition) is 2. The molecule has 0 bridgehead atoms. The minimum absolute atomic E-state index is 0.0926. The van der Waals surface area contributed by atoms with E-state index in [1.165, 1.54) is 6.92 Å². The van der Waals surface area contributed by atoms with Crippen molar-refractivity contribution in [3.05, 3.63) is 35.4 Å². The first kappa shape index (κ1) is 17.3. The number of hydrogen-bond donors (Lipinski definition) is 1. The third kappa shape index (κ3) is 3.33. The van der Waals surface area contributed by atoms with Crippen molar-refractivity contribution < 1.29 is 22.8 Å². The van der Waals surface area contributed by atoms with Crippen molar-refractivity contribution in [1.29, 1.82) is 0 Å². The molecule has 23 heavy (non-hydrogen) atoms. The summed E-state index contributed by atoms with van der Waals surface area (Å²) < 4.78 is 37.6. The Bertz CT molecular complexity index is 632. The Balaban J connectivity index is 2.32. The summed E-state index contributed by atoms with van der Waals surface area (Å²) in [5.41, 5.74) is -0.106. The molecule has 0 aliphatic carbocycles. The van der Waals surface area contributed by atoms with E-state index in [1.54, 1.807) is 12.1 Å². The number of imide groups is 1. The largest absolute Gasteiger partial charge is 0.406 e. The molecule has 0 saturated carbocycles. The number of benzene rings is 1. The summed E-state index contributed by atoms with van der Waals surface area (Å²) in [6.07, 6.45) is -4.63. The van der Waals surface area contributed by atoms with Crippen LogP contribution in [0.3, 0.4) is 0 Å². The predicted molar refractivity (Wildman–Crippen MR) is 78.8 cm³/mol. The molecule has 0 spiro atoms. The van der Waals surface area contributed by atoms with E-state index in [1.807, 2.05) is 32.9 Å². The lowest BCUT2D eigenvalue weighted by Gasteiger charge is -2.25. The number of carbonyl (C=O) groups is 2. The highest BCUT2D eigenvalue weighted by molar-refractivity contribution is 6.07. The van der Waals surface area contributed by atoms with Gasteiger partial charge in [0.15, 0.2) is 0 Å². The second-order valence-corrected chi connectivity index (χ2v) is 6.89. The number of urea groups is 1. The van der Waals surface area contributed by atoms with Gasteiger partial charge in [-0.3, -0.25) is 9.69 Å². The van der Waals surface area contributed by atoms with Crippen LogP contribution in [0, 0.1) is 0 Å². The van der Waals surface area contributed by atoms with Gasteiger partial charge in [-0.15, -0.1) is 0 Å². The normalized spacial score (nSPS) is 22.5. The molecule has 1 saturated heterocycles. The maximum atomic E-state index is 12.5. The minimum atomic E-state index is -4.63. The number of nitrogens with zero attached hydrogens (tertiary/aromatic N) is 1. The standard InChI is InChI=1S/C16H19F3N2O2/c1-14(2,3)10-5-7-11(8-6-10)15(4)12(22)21(13(23)20-15)9-16(17,18)19/h5-8H,9H2,1-4H3,(H,20,23). The number of nitrogens with one attached hydrogen (secondary N) is 1. The quantitative estimate of drug-likeness (QED) is 0.847. The van der Waals surface area contributed by atoms with E-state index in [0.717, 1.165) is 5.56 Å². The molecule has 1 N–H and O–H groups in total. The minimum Gasteiger partial charge on any atom is -0.319 e. The van der Waals surface area contributed by atoms with Gasteiger partial charge >= 0.3 is 12.2 Å². The number of rotatable bonds is 2. The maximum Gasteiger partial charge on any atom is 0.406 e. The van der Waals surface area contributed by atoms with E-state index in [-0.39, 0.29) is 10.3 Å². The topological polar surface area (TPSA) is 49.4 Å². The van der Waals surface area contributed by atoms with Gasteiger partial charge in [-0.05, 0) is 23.5 Å². The Labute approximate surface area is 132 Å². The highest BCUT2D eigenvalue weighted by Crippen LogP contribution is 2.32. The maximum absolute atomic E-state index is 12.5. The highest BCUT2D eigenvalue weighted by atomic mass is 19.4. The molecule has 1 aliphatic rings. The lowest BCUT2D eigenvalue weighted by molar-refractivity contribution is -0.154. The third-order valence-corrected chi connectivity index (χ3v) is 3.94. The van der Waals surface area contributed by atoms with Crippen molar-refractivity contribution in [2.75, 3.05) is 6.54 Å². The van der Waals surface area contributed by atoms with E-state index in [2.05, 4.69) is 5.32 Å². The molecule has 3 amide bonds. The lowest BCUT2D eigenvalue weighted by Crippen LogP contribution is -2.42. The molecule has 1 unspecified atom stereocenters. The Kier molecular flexibility index (Phi) is 3.95. The average molecular weight is 328 g/mol. The van der Waals surface area contributed by atoms with Gasteiger partial charge in [0.2, 0.25) is 0 Å². The Morgan fingerprint density at radius 3 is 2.04 bits per heavy atom. The van der Waals surface area contributed by atoms with Crippen LogP contribution in [-0.2, 0) is 15.7 Å². The molecule has 1 aromatic carbocycles. The Morgan fingerprint density at radius 1 is 1.09 bits per heavy atom. The molecule has 2 rings (SSSR count). The fourth-order valence-corrected chi connectivity index (χ4v) is 2.52. The zero-order valence-corrected chi connectivity index (χ0v) is 13.4. The van der Waals surface area contributed by atoms with Crippen molar-refractivity contribution in [3.8, 4) is 0 Å². The zero-order valence-electron chi connectivity index (χ0n) is 13.4. The van der Waals surface area contributed by atoms with Crippen LogP contribution in [0.1, 0.15) is 38.8 Å². The van der Waals surface area contributed by atoms with E-state index in [4.69, 9.17) is 0 Å². The molecule has 1 aliphatic heterocycles. The second kappa shape index (κ2) is 5.25. The van der Waals surface area contributed by atoms with Gasteiger partial charge in [0, 0.05) is 0 Å². The molecule has 1 atom stereocenters. The van der Waals surface area contributed by atoms with Gasteiger partial charge < -0.3 is 5.32 Å². The van der Waals surface area contributed by atoms with E-state index >= 15 is 0 Å². The first-order valence-electron chi connectivity index (χ1n) is 7.16. The summed E-state index contributed by atoms with van der Waals surface area (Å²) in [5, 5.41) is 2.36. The third-order valence-electron chi connectivity index (χ3n) is 3.94. The molecule has 0 radical (unpaired) electrons. The smallest absolute Gasteiger partial charge is 0.319 e. The summed E-state index contributed by atoms with van der Waals surface area (Å²) >= 11 is 0. The van der Waals surface area contributed by atoms with Crippen molar-refractivity contribution in [1.82, 2.24) is 10.2 Å². The number of amides is 3. The van der Waals surface area contributed by atoms with E-state index < -0.39 is 30.2 Å². The summed E-state index contributed by atoms with van der Waals surface area (Å²) in [5.74, 6) is -0.900. The Morgan fingerprint density at radius 2 is 1.61 bits per heavy atom. The SMILES string of the molecule is CC(C)(C)c1ccc(C2(C)NC(=O)N(CC(F)(F)F)C2=O)cc1. The first-order valence-corrected chi connectivity index (χ1v) is 7.16. The fraction of sp³-hybridized carbons (Fsp3) is 0.500. The molecule has 1 fully saturated rings. The van der Waals surface area contributed by atoms with Gasteiger partial charge in [-0.2, -0.15) is 13.2 Å². The van der Waals surface area contributed by atoms with Crippen molar-refractivity contribution in [2.24, 2.45) is 0 Å². The summed E-state index contributed by atoms with van der Waals surface area (Å²) in [6, 6.07) is 5.92. The zero-order chi connectivity index (χ0) is 17.6. The van der Waals surface area contributed by atoms with Crippen molar-refractivity contribution >= 4 is 11.9 Å². The molecule has 7 heteroatoms. The van der Waals surface area contributed by atoms with Crippen LogP contribution in [0.5, 0.6) is 0 Å². The lowest BCUT2D eigenvalue weighted by atomic mass is 9.84. The van der Waals surface area contributed by atoms with Crippen LogP contribution in [0.4, 0.5) is 18.0 Å². The Hall–Kier alpha value is -2.05. The van der Waals surface area contributed by atoms with Crippen LogP contribution in [0.25, 0.3) is 0 Å². The average Bonchev–Trinajstić information content (AvgIpc) is 2.61. The summed E-state index contributed by atoms with van der Waals surface area (Å²) in [4.78, 5) is 24.3. The molecule has 0 aromatic heterocycles. The number of alkyl halides is 3. The number of carbonyl (C=O) groups excluding carboxylic acids is 2. The number of halogens is 3. The van der Waals surface area contributed by atoms with Gasteiger partial charge in [0.1, 0.15) is 12.1 Å². The van der Waals surface area contributed by atoms with Crippen LogP contribution in [-0.4, -0.2) is 29.6 Å². The second-order valence-electron chi connectivity index (χ2n) is 6.89. The van der Waals surface area contributed by atoms with Crippen molar-refractivity contribution in [3.63, 3.8) is 0 Å². The van der Waals surface area contributed by atoms with Crippen LogP contribution in [0.15, 0.2) is 24.3 Å². The predicted octanol–water partition coefficient (Wildman–Crippen LogP) is 3.31. The van der Waals surface area contributed by atoms with E-state index in [0.29, 0.717) is 5.56 Å². The molecule has 1 heterocycles. The monoisotopic (exact) mass is 328 g/mol. The highest BCUT2D eigenvalue weighted by Gasteiger charge is 2.51. The summed E-state index contributed by atoms with van der Waals surface area (Å²) in [7, 11) is 0. The molecule has 4 nitrogen and oxygen atoms in total. The molecule has 1 aromatic rings. The summed E-state index contributed by atoms with van der Waals surface area (Å²) in [6.45, 7) is 5.90. The van der Waals surface area contributed by atoms with Gasteiger partial charge in [-0.1, -0.05) is 45.0 Å². The van der Waals surface area contributed by atoms with Crippen LogP contribution < -0.4 is 5.32 Å². The van der Waals surface area contributed by atoms with Crippen LogP contribution >= 0.6 is 0 Å². The molecular formula is C16H19F3N2O2. The molecule has 126 valence electrons. The van der Waals surface area contributed by atoms with Gasteiger partial charge in [0.25, 0.3) is 5.91 Å². The van der Waals surface area contributed by atoms with Gasteiger partial charge in [0.05, 0.1) is 0 Å². The first-order chi connectivity index (χ1) is 10.3.